The minimum absolute atomic E-state index is 0.0777. The van der Waals surface area contributed by atoms with Gasteiger partial charge in [0.15, 0.2) is 0 Å². The summed E-state index contributed by atoms with van der Waals surface area (Å²) in [5, 5.41) is 2.93. The highest BCUT2D eigenvalue weighted by molar-refractivity contribution is 7.89. The molecule has 3 fully saturated rings. The third-order valence-electron chi connectivity index (χ3n) is 7.74. The maximum absolute atomic E-state index is 13.7. The van der Waals surface area contributed by atoms with E-state index in [2.05, 4.69) is 30.7 Å². The van der Waals surface area contributed by atoms with Crippen LogP contribution in [0.25, 0.3) is 11.0 Å². The fourth-order valence-electron chi connectivity index (χ4n) is 5.30. The first kappa shape index (κ1) is 25.6. The van der Waals surface area contributed by atoms with Crippen molar-refractivity contribution in [1.29, 1.82) is 0 Å². The number of carbonyl (C=O) groups excluding carboxylic acids is 1. The van der Waals surface area contributed by atoms with Gasteiger partial charge in [0.25, 0.3) is 0 Å². The maximum atomic E-state index is 13.7. The summed E-state index contributed by atoms with van der Waals surface area (Å²) < 4.78 is 57.4. The van der Waals surface area contributed by atoms with Gasteiger partial charge in [0.05, 0.1) is 15.9 Å². The molecule has 3 aliphatic rings. The first-order valence-electron chi connectivity index (χ1n) is 13.0. The van der Waals surface area contributed by atoms with Crippen LogP contribution in [0.5, 0.6) is 0 Å². The van der Waals surface area contributed by atoms with E-state index in [1.807, 2.05) is 0 Å². The van der Waals surface area contributed by atoms with Crippen LogP contribution in [-0.4, -0.2) is 53.7 Å². The number of fused-ring (bicyclic) bond motifs is 1. The topological polar surface area (TPSA) is 84.3 Å². The zero-order valence-electron chi connectivity index (χ0n) is 21.3. The van der Waals surface area contributed by atoms with Crippen molar-refractivity contribution in [3.8, 4) is 0 Å². The molecule has 1 aromatic carbocycles. The van der Waals surface area contributed by atoms with Gasteiger partial charge >= 0.3 is 0 Å². The number of benzene rings is 1. The zero-order valence-corrected chi connectivity index (χ0v) is 22.1. The summed E-state index contributed by atoms with van der Waals surface area (Å²) in [7, 11) is -3.66. The van der Waals surface area contributed by atoms with Gasteiger partial charge in [-0.2, -0.15) is 4.31 Å². The molecule has 2 aromatic rings. The Hall–Kier alpha value is -2.07. The summed E-state index contributed by atoms with van der Waals surface area (Å²) >= 11 is 0. The Balaban J connectivity index is 1.32. The Morgan fingerprint density at radius 1 is 1.11 bits per heavy atom. The number of rotatable bonds is 7. The van der Waals surface area contributed by atoms with E-state index in [1.54, 1.807) is 18.2 Å². The third kappa shape index (κ3) is 5.16. The Labute approximate surface area is 211 Å². The van der Waals surface area contributed by atoms with Gasteiger partial charge < -0.3 is 9.88 Å². The number of alkyl halides is 2. The molecule has 2 aliphatic carbocycles. The molecule has 10 heteroatoms. The Morgan fingerprint density at radius 2 is 1.78 bits per heavy atom. The molecule has 0 atom stereocenters. The highest BCUT2D eigenvalue weighted by atomic mass is 32.2. The monoisotopic (exact) mass is 522 g/mol. The maximum Gasteiger partial charge on any atom is 0.248 e. The number of imidazole rings is 1. The molecule has 1 N–H and O–H groups in total. The van der Waals surface area contributed by atoms with Gasteiger partial charge in [-0.05, 0) is 49.8 Å². The summed E-state index contributed by atoms with van der Waals surface area (Å²) in [5.74, 6) is -1.24. The van der Waals surface area contributed by atoms with Crippen LogP contribution < -0.4 is 5.32 Å². The van der Waals surface area contributed by atoms with Gasteiger partial charge in [0, 0.05) is 56.3 Å². The van der Waals surface area contributed by atoms with Crippen LogP contribution in [0.15, 0.2) is 23.1 Å². The lowest BCUT2D eigenvalue weighted by Crippen LogP contribution is -2.53. The van der Waals surface area contributed by atoms with Gasteiger partial charge in [-0.1, -0.05) is 20.8 Å². The lowest BCUT2D eigenvalue weighted by molar-refractivity contribution is -0.122. The highest BCUT2D eigenvalue weighted by Gasteiger charge is 2.39. The van der Waals surface area contributed by atoms with Crippen molar-refractivity contribution < 1.29 is 22.0 Å². The van der Waals surface area contributed by atoms with E-state index in [-0.39, 0.29) is 46.8 Å². The van der Waals surface area contributed by atoms with E-state index in [9.17, 15) is 22.0 Å². The molecular weight excluding hydrogens is 486 g/mol. The van der Waals surface area contributed by atoms with Crippen LogP contribution >= 0.6 is 0 Å². The van der Waals surface area contributed by atoms with Crippen LogP contribution in [0.2, 0.25) is 0 Å². The summed E-state index contributed by atoms with van der Waals surface area (Å²) in [6.45, 7) is 8.05. The van der Waals surface area contributed by atoms with Gasteiger partial charge in [0.2, 0.25) is 21.9 Å². The molecule has 2 heterocycles. The molecule has 0 bridgehead atoms. The predicted octanol–water partition coefficient (Wildman–Crippen LogP) is 4.31. The number of hydrogen-bond acceptors (Lipinski definition) is 4. The standard InChI is InChI=1S/C26H36F2N4O3S/c1-25(2,3)24-30-21-12-20(6-7-22(21)32(24)16-17-8-10-26(27,28)11-9-17)36(34,35)31-14-18(15-31)13-29-23(33)19-4-5-19/h6-7,12,17-19H,4-5,8-11,13-16H2,1-3H3,(H,29,33). The fraction of sp³-hybridized carbons (Fsp3) is 0.692. The molecular formula is C26H36F2N4O3S. The largest absolute Gasteiger partial charge is 0.355 e. The molecule has 1 aromatic heterocycles. The van der Waals surface area contributed by atoms with Gasteiger partial charge in [-0.3, -0.25) is 4.79 Å². The van der Waals surface area contributed by atoms with Crippen LogP contribution in [0, 0.1) is 17.8 Å². The second-order valence-electron chi connectivity index (χ2n) is 12.0. The van der Waals surface area contributed by atoms with Crippen molar-refractivity contribution in [3.63, 3.8) is 0 Å². The molecule has 1 aliphatic heterocycles. The van der Waals surface area contributed by atoms with Gasteiger partial charge in [0.1, 0.15) is 5.82 Å². The van der Waals surface area contributed by atoms with Crippen molar-refractivity contribution in [3.05, 3.63) is 24.0 Å². The van der Waals surface area contributed by atoms with Gasteiger partial charge in [-0.15, -0.1) is 0 Å². The average Bonchev–Trinajstić information content (AvgIpc) is 3.55. The quantitative estimate of drug-likeness (QED) is 0.588. The summed E-state index contributed by atoms with van der Waals surface area (Å²) in [6, 6.07) is 5.06. The van der Waals surface area contributed by atoms with Crippen molar-refractivity contribution in [2.45, 2.75) is 82.1 Å². The second-order valence-corrected chi connectivity index (χ2v) is 13.9. The average molecular weight is 523 g/mol. The van der Waals surface area contributed by atoms with E-state index in [0.29, 0.717) is 44.5 Å². The van der Waals surface area contributed by atoms with Crippen molar-refractivity contribution in [2.75, 3.05) is 19.6 Å². The van der Waals surface area contributed by atoms with Crippen molar-refractivity contribution in [2.24, 2.45) is 17.8 Å². The molecule has 0 unspecified atom stereocenters. The summed E-state index contributed by atoms with van der Waals surface area (Å²) in [6.07, 6.45) is 2.67. The van der Waals surface area contributed by atoms with Crippen LogP contribution in [0.3, 0.4) is 0 Å². The fourth-order valence-corrected chi connectivity index (χ4v) is 6.91. The number of nitrogens with one attached hydrogen (secondary N) is 1. The summed E-state index contributed by atoms with van der Waals surface area (Å²) in [5.41, 5.74) is 1.16. The molecule has 0 spiro atoms. The minimum Gasteiger partial charge on any atom is -0.355 e. The van der Waals surface area contributed by atoms with E-state index < -0.39 is 15.9 Å². The Kier molecular flexibility index (Phi) is 6.42. The molecule has 1 amide bonds. The number of carbonyl (C=O) groups is 1. The smallest absolute Gasteiger partial charge is 0.248 e. The first-order valence-corrected chi connectivity index (χ1v) is 14.4. The number of nitrogens with zero attached hydrogens (tertiary/aromatic N) is 3. The van der Waals surface area contributed by atoms with E-state index in [1.165, 1.54) is 4.31 Å². The third-order valence-corrected chi connectivity index (χ3v) is 9.57. The molecule has 36 heavy (non-hydrogen) atoms. The van der Waals surface area contributed by atoms with Crippen LogP contribution in [0.4, 0.5) is 8.78 Å². The van der Waals surface area contributed by atoms with E-state index in [4.69, 9.17) is 4.98 Å². The minimum atomic E-state index is -3.66. The highest BCUT2D eigenvalue weighted by Crippen LogP contribution is 2.38. The molecule has 7 nitrogen and oxygen atoms in total. The number of hydrogen-bond donors (Lipinski definition) is 1. The SMILES string of the molecule is CC(C)(C)c1nc2cc(S(=O)(=O)N3CC(CNC(=O)C4CC4)C3)ccc2n1CC1CCC(F)(F)CC1. The van der Waals surface area contributed by atoms with E-state index in [0.717, 1.165) is 24.2 Å². The number of halogens is 2. The van der Waals surface area contributed by atoms with Crippen molar-refractivity contribution >= 4 is 27.0 Å². The Bertz CT molecular complexity index is 1250. The van der Waals surface area contributed by atoms with Crippen LogP contribution in [-0.2, 0) is 26.8 Å². The molecule has 5 rings (SSSR count). The molecule has 2 saturated carbocycles. The number of sulfonamides is 1. The molecule has 198 valence electrons. The molecule has 1 saturated heterocycles. The second kappa shape index (κ2) is 9.04. The zero-order chi connectivity index (χ0) is 25.9. The predicted molar refractivity (Wildman–Crippen MR) is 133 cm³/mol. The molecule has 0 radical (unpaired) electrons. The lowest BCUT2D eigenvalue weighted by Gasteiger charge is -2.38. The normalized spacial score (nSPS) is 22.0. The lowest BCUT2D eigenvalue weighted by atomic mass is 9.86. The van der Waals surface area contributed by atoms with E-state index >= 15 is 0 Å². The number of amides is 1. The Morgan fingerprint density at radius 3 is 2.39 bits per heavy atom. The van der Waals surface area contributed by atoms with Crippen molar-refractivity contribution in [1.82, 2.24) is 19.2 Å². The summed E-state index contributed by atoms with van der Waals surface area (Å²) in [4.78, 5) is 16.9. The first-order chi connectivity index (χ1) is 16.8. The van der Waals surface area contributed by atoms with Crippen LogP contribution in [0.1, 0.15) is 65.1 Å². The number of aromatic nitrogens is 2. The van der Waals surface area contributed by atoms with Gasteiger partial charge in [-0.25, -0.2) is 22.2 Å².